The van der Waals surface area contributed by atoms with Gasteiger partial charge < -0.3 is 9.47 Å². The second-order valence-corrected chi connectivity index (χ2v) is 9.00. The lowest BCUT2D eigenvalue weighted by Gasteiger charge is -2.17. The highest BCUT2D eigenvalue weighted by molar-refractivity contribution is 6.17. The van der Waals surface area contributed by atoms with Crippen LogP contribution in [-0.2, 0) is 13.0 Å². The molecule has 2 nitrogen and oxygen atoms in total. The summed E-state index contributed by atoms with van der Waals surface area (Å²) in [7, 11) is 0. The molecule has 0 heterocycles. The van der Waals surface area contributed by atoms with E-state index in [2.05, 4.69) is 40.3 Å². The molecule has 0 fully saturated rings. The first-order chi connectivity index (χ1) is 19.9. The largest absolute Gasteiger partial charge is 0.493 e. The van der Waals surface area contributed by atoms with Crippen LogP contribution in [0.4, 0.5) is 4.39 Å². The highest BCUT2D eigenvalue weighted by Gasteiger charge is 2.14. The van der Waals surface area contributed by atoms with Crippen LogP contribution >= 0.6 is 11.6 Å². The van der Waals surface area contributed by atoms with Crippen LogP contribution in [-0.4, -0.2) is 12.5 Å². The Hall–Kier alpha value is -2.78. The SMILES string of the molecule is C=CC.CC.CC.CC.CC(C)C.CCc1cc(-c2ccc(F)cc2)c(OCc2ccccc2)cc1OCCCCl. The summed E-state index contributed by atoms with van der Waals surface area (Å²) in [5, 5.41) is 0. The van der Waals surface area contributed by atoms with E-state index in [9.17, 15) is 4.39 Å². The van der Waals surface area contributed by atoms with Crippen LogP contribution in [0.1, 0.15) is 93.7 Å². The Morgan fingerprint density at radius 3 is 1.80 bits per heavy atom. The molecule has 41 heavy (non-hydrogen) atoms. The third-order valence-corrected chi connectivity index (χ3v) is 4.74. The minimum Gasteiger partial charge on any atom is -0.493 e. The average molecular weight is 589 g/mol. The maximum Gasteiger partial charge on any atom is 0.131 e. The van der Waals surface area contributed by atoms with Crippen LogP contribution < -0.4 is 9.47 Å². The van der Waals surface area contributed by atoms with E-state index in [-0.39, 0.29) is 5.82 Å². The number of hydrogen-bond donors (Lipinski definition) is 0. The van der Waals surface area contributed by atoms with Gasteiger partial charge in [0.2, 0.25) is 0 Å². The molecule has 3 rings (SSSR count). The van der Waals surface area contributed by atoms with E-state index in [1.807, 2.05) is 84.9 Å². The van der Waals surface area contributed by atoms with Gasteiger partial charge in [0.1, 0.15) is 23.9 Å². The fourth-order valence-corrected chi connectivity index (χ4v) is 3.07. The van der Waals surface area contributed by atoms with Crippen LogP contribution in [0.15, 0.2) is 79.4 Å². The van der Waals surface area contributed by atoms with E-state index in [0.29, 0.717) is 24.8 Å². The van der Waals surface area contributed by atoms with E-state index in [0.717, 1.165) is 46.8 Å². The highest BCUT2D eigenvalue weighted by Crippen LogP contribution is 2.37. The molecule has 0 radical (unpaired) electrons. The summed E-state index contributed by atoms with van der Waals surface area (Å²) in [6, 6.07) is 20.5. The molecule has 0 aromatic heterocycles. The summed E-state index contributed by atoms with van der Waals surface area (Å²) < 4.78 is 25.5. The Morgan fingerprint density at radius 2 is 1.34 bits per heavy atom. The number of hydrogen-bond acceptors (Lipinski definition) is 2. The maximum atomic E-state index is 13.4. The van der Waals surface area contributed by atoms with Gasteiger partial charge >= 0.3 is 0 Å². The van der Waals surface area contributed by atoms with Gasteiger partial charge in [0, 0.05) is 17.5 Å². The molecule has 0 aliphatic rings. The zero-order chi connectivity index (χ0) is 32.1. The number of halogens is 2. The monoisotopic (exact) mass is 588 g/mol. The summed E-state index contributed by atoms with van der Waals surface area (Å²) in [6.45, 7) is 26.8. The summed E-state index contributed by atoms with van der Waals surface area (Å²) >= 11 is 5.77. The lowest BCUT2D eigenvalue weighted by Crippen LogP contribution is -2.03. The third-order valence-electron chi connectivity index (χ3n) is 4.47. The Kier molecular flexibility index (Phi) is 31.4. The standard InChI is InChI=1S/C24H24ClFO2.C4H10.C3H6.3C2H6/c1-2-19-15-22(20-9-11-21(26)12-10-20)24(16-23(19)27-14-6-13-25)28-17-18-7-4-3-5-8-18;1-4(2)3;1-3-2;3*1-2/h3-5,7-12,15-16H,2,6,13-14,17H2,1H3;4H,1-3H3;3H,1H2,2H3;3*1-2H3. The van der Waals surface area contributed by atoms with Crippen molar-refractivity contribution in [3.8, 4) is 22.6 Å². The van der Waals surface area contributed by atoms with Crippen LogP contribution in [0, 0.1) is 11.7 Å². The van der Waals surface area contributed by atoms with Gasteiger partial charge in [0.15, 0.2) is 0 Å². The smallest absolute Gasteiger partial charge is 0.131 e. The zero-order valence-corrected chi connectivity index (χ0v) is 28.6. The number of aryl methyl sites for hydroxylation is 1. The van der Waals surface area contributed by atoms with Gasteiger partial charge in [-0.05, 0) is 60.6 Å². The normalized spacial score (nSPS) is 8.93. The number of allylic oxidation sites excluding steroid dienone is 1. The summed E-state index contributed by atoms with van der Waals surface area (Å²) in [5.41, 5.74) is 4.00. The molecular formula is C37H58ClFO2. The first-order valence-corrected chi connectivity index (χ1v) is 15.7. The zero-order valence-electron chi connectivity index (χ0n) is 27.8. The van der Waals surface area contributed by atoms with Crippen LogP contribution in [0.3, 0.4) is 0 Å². The molecule has 0 N–H and O–H groups in total. The van der Waals surface area contributed by atoms with Crippen LogP contribution in [0.2, 0.25) is 0 Å². The predicted molar refractivity (Wildman–Crippen MR) is 183 cm³/mol. The van der Waals surface area contributed by atoms with Crippen molar-refractivity contribution in [2.24, 2.45) is 5.92 Å². The van der Waals surface area contributed by atoms with Crippen molar-refractivity contribution in [1.29, 1.82) is 0 Å². The molecular weight excluding hydrogens is 531 g/mol. The van der Waals surface area contributed by atoms with Crippen molar-refractivity contribution in [3.05, 3.63) is 96.3 Å². The lowest BCUT2D eigenvalue weighted by atomic mass is 10.00. The van der Waals surface area contributed by atoms with E-state index in [4.69, 9.17) is 21.1 Å². The average Bonchev–Trinajstić information content (AvgIpc) is 3.00. The van der Waals surface area contributed by atoms with E-state index in [1.165, 1.54) is 12.1 Å². The molecule has 232 valence electrons. The lowest BCUT2D eigenvalue weighted by molar-refractivity contribution is 0.294. The third kappa shape index (κ3) is 20.7. The van der Waals surface area contributed by atoms with Gasteiger partial charge in [0.25, 0.3) is 0 Å². The van der Waals surface area contributed by atoms with Gasteiger partial charge in [-0.15, -0.1) is 18.2 Å². The second kappa shape index (κ2) is 30.2. The van der Waals surface area contributed by atoms with Crippen molar-refractivity contribution in [2.75, 3.05) is 12.5 Å². The van der Waals surface area contributed by atoms with Crippen molar-refractivity contribution in [3.63, 3.8) is 0 Å². The molecule has 0 atom stereocenters. The predicted octanol–water partition coefficient (Wildman–Crippen LogP) is 12.6. The molecule has 0 aliphatic heterocycles. The molecule has 0 saturated heterocycles. The van der Waals surface area contributed by atoms with Gasteiger partial charge in [-0.25, -0.2) is 4.39 Å². The minimum absolute atomic E-state index is 0.257. The molecule has 0 saturated carbocycles. The molecule has 4 heteroatoms. The van der Waals surface area contributed by atoms with Gasteiger partial charge in [-0.3, -0.25) is 0 Å². The topological polar surface area (TPSA) is 18.5 Å². The second-order valence-electron chi connectivity index (χ2n) is 8.62. The minimum atomic E-state index is -0.257. The van der Waals surface area contributed by atoms with E-state index >= 15 is 0 Å². The number of alkyl halides is 1. The molecule has 0 unspecified atom stereocenters. The molecule has 0 spiro atoms. The van der Waals surface area contributed by atoms with E-state index in [1.54, 1.807) is 18.2 Å². The number of benzene rings is 3. The molecule has 0 bridgehead atoms. The van der Waals surface area contributed by atoms with Crippen molar-refractivity contribution >= 4 is 11.6 Å². The molecule has 0 aliphatic carbocycles. The van der Waals surface area contributed by atoms with E-state index < -0.39 is 0 Å². The van der Waals surface area contributed by atoms with Crippen molar-refractivity contribution in [2.45, 2.75) is 95.6 Å². The summed E-state index contributed by atoms with van der Waals surface area (Å²) in [5.74, 6) is 2.66. The molecule has 3 aromatic rings. The molecule has 3 aromatic carbocycles. The van der Waals surface area contributed by atoms with Gasteiger partial charge in [-0.2, -0.15) is 0 Å². The summed E-state index contributed by atoms with van der Waals surface area (Å²) in [6.07, 6.45) is 3.36. The van der Waals surface area contributed by atoms with Crippen molar-refractivity contribution in [1.82, 2.24) is 0 Å². The first-order valence-electron chi connectivity index (χ1n) is 15.2. The quantitative estimate of drug-likeness (QED) is 0.140. The fourth-order valence-electron chi connectivity index (χ4n) is 2.96. The van der Waals surface area contributed by atoms with Gasteiger partial charge in [0.05, 0.1) is 6.61 Å². The van der Waals surface area contributed by atoms with Crippen molar-refractivity contribution < 1.29 is 13.9 Å². The fraction of sp³-hybridized carbons (Fsp3) is 0.459. The highest BCUT2D eigenvalue weighted by atomic mass is 35.5. The summed E-state index contributed by atoms with van der Waals surface area (Å²) in [4.78, 5) is 0. The first kappa shape index (κ1) is 42.7. The maximum absolute atomic E-state index is 13.4. The Balaban J connectivity index is -0.000000957. The number of rotatable bonds is 9. The molecule has 0 amide bonds. The van der Waals surface area contributed by atoms with Gasteiger partial charge in [-0.1, -0.05) is 118 Å². The van der Waals surface area contributed by atoms with Crippen LogP contribution in [0.5, 0.6) is 11.5 Å². The Bertz CT molecular complexity index is 967. The number of ether oxygens (including phenoxy) is 2. The van der Waals surface area contributed by atoms with Crippen LogP contribution in [0.25, 0.3) is 11.1 Å². The Morgan fingerprint density at radius 1 is 0.829 bits per heavy atom. The Labute approximate surface area is 258 Å².